The molecule has 0 aliphatic rings. The second kappa shape index (κ2) is 4.32. The van der Waals surface area contributed by atoms with Crippen molar-refractivity contribution in [2.75, 3.05) is 0 Å². The first kappa shape index (κ1) is 12.1. The fourth-order valence-electron chi connectivity index (χ4n) is 1.94. The minimum absolute atomic E-state index is 0.260. The predicted octanol–water partition coefficient (Wildman–Crippen LogP) is 2.73. The minimum atomic E-state index is -0.260. The molecule has 2 N–H and O–H groups in total. The molecule has 3 rings (SSSR count). The Bertz CT molecular complexity index is 893. The zero-order chi connectivity index (χ0) is 13.6. The molecule has 0 fully saturated rings. The van der Waals surface area contributed by atoms with Crippen molar-refractivity contribution >= 4 is 34.9 Å². The number of fused-ring (bicyclic) bond motifs is 1. The standard InChI is InChI=1S/C12H9ClN4OS/c1-6-2-3-7(13)4-9(6)17-10-8(5-14-17)11(18)16-12(19)15-10/h2-5H,1H3,(H2,15,16,18,19). The van der Waals surface area contributed by atoms with Crippen molar-refractivity contribution in [3.63, 3.8) is 0 Å². The fraction of sp³-hybridized carbons (Fsp3) is 0.0833. The van der Waals surface area contributed by atoms with Crippen LogP contribution in [-0.4, -0.2) is 19.7 Å². The van der Waals surface area contributed by atoms with E-state index in [-0.39, 0.29) is 10.3 Å². The van der Waals surface area contributed by atoms with Gasteiger partial charge < -0.3 is 4.98 Å². The maximum atomic E-state index is 11.8. The number of nitrogens with one attached hydrogen (secondary N) is 2. The van der Waals surface area contributed by atoms with Crippen LogP contribution in [0.3, 0.4) is 0 Å². The molecule has 0 aliphatic heterocycles. The number of aromatic amines is 2. The van der Waals surface area contributed by atoms with E-state index in [1.54, 1.807) is 16.8 Å². The van der Waals surface area contributed by atoms with Gasteiger partial charge in [0, 0.05) is 5.02 Å². The highest BCUT2D eigenvalue weighted by molar-refractivity contribution is 7.71. The second-order valence-corrected chi connectivity index (χ2v) is 5.00. The van der Waals surface area contributed by atoms with E-state index in [0.717, 1.165) is 11.3 Å². The van der Waals surface area contributed by atoms with Crippen molar-refractivity contribution in [1.29, 1.82) is 0 Å². The van der Waals surface area contributed by atoms with Crippen LogP contribution in [0.1, 0.15) is 5.56 Å². The van der Waals surface area contributed by atoms with Crippen LogP contribution in [0, 0.1) is 11.7 Å². The smallest absolute Gasteiger partial charge is 0.262 e. The van der Waals surface area contributed by atoms with Crippen molar-refractivity contribution in [3.8, 4) is 5.69 Å². The molecule has 0 spiro atoms. The number of aryl methyl sites for hydroxylation is 1. The van der Waals surface area contributed by atoms with E-state index in [2.05, 4.69) is 15.1 Å². The molecule has 0 aliphatic carbocycles. The summed E-state index contributed by atoms with van der Waals surface area (Å²) in [6, 6.07) is 5.50. The average molecular weight is 293 g/mol. The van der Waals surface area contributed by atoms with E-state index in [4.69, 9.17) is 23.8 Å². The van der Waals surface area contributed by atoms with Gasteiger partial charge in [-0.1, -0.05) is 17.7 Å². The highest BCUT2D eigenvalue weighted by Gasteiger charge is 2.10. The van der Waals surface area contributed by atoms with Gasteiger partial charge in [-0.05, 0) is 36.8 Å². The number of hydrogen-bond acceptors (Lipinski definition) is 3. The van der Waals surface area contributed by atoms with Gasteiger partial charge in [0.05, 0.1) is 11.9 Å². The monoisotopic (exact) mass is 292 g/mol. The van der Waals surface area contributed by atoms with Gasteiger partial charge in [-0.2, -0.15) is 5.10 Å². The minimum Gasteiger partial charge on any atom is -0.316 e. The third-order valence-corrected chi connectivity index (χ3v) is 3.31. The summed E-state index contributed by atoms with van der Waals surface area (Å²) >= 11 is 11.0. The molecule has 1 aromatic carbocycles. The Balaban J connectivity index is 2.41. The van der Waals surface area contributed by atoms with Crippen LogP contribution < -0.4 is 5.56 Å². The Kier molecular flexibility index (Phi) is 2.76. The molecule has 2 aromatic heterocycles. The molecular weight excluding hydrogens is 284 g/mol. The molecule has 3 aromatic rings. The first-order chi connectivity index (χ1) is 9.06. The lowest BCUT2D eigenvalue weighted by Gasteiger charge is -2.07. The number of H-pyrrole nitrogens is 2. The summed E-state index contributed by atoms with van der Waals surface area (Å²) in [5.41, 5.74) is 2.09. The van der Waals surface area contributed by atoms with Gasteiger partial charge in [0.25, 0.3) is 5.56 Å². The molecule has 0 amide bonds. The van der Waals surface area contributed by atoms with E-state index in [9.17, 15) is 4.79 Å². The van der Waals surface area contributed by atoms with Crippen LogP contribution in [0.4, 0.5) is 0 Å². The average Bonchev–Trinajstić information content (AvgIpc) is 2.76. The second-order valence-electron chi connectivity index (χ2n) is 4.16. The van der Waals surface area contributed by atoms with Gasteiger partial charge in [-0.25, -0.2) is 4.68 Å². The lowest BCUT2D eigenvalue weighted by Crippen LogP contribution is -2.08. The quantitative estimate of drug-likeness (QED) is 0.678. The van der Waals surface area contributed by atoms with Crippen molar-refractivity contribution < 1.29 is 0 Å². The summed E-state index contributed by atoms with van der Waals surface area (Å²) in [7, 11) is 0. The molecule has 0 unspecified atom stereocenters. The zero-order valence-corrected chi connectivity index (χ0v) is 11.5. The van der Waals surface area contributed by atoms with Crippen LogP contribution in [0.2, 0.25) is 5.02 Å². The Morgan fingerprint density at radius 1 is 1.37 bits per heavy atom. The molecular formula is C12H9ClN4OS. The van der Waals surface area contributed by atoms with Gasteiger partial charge >= 0.3 is 0 Å². The van der Waals surface area contributed by atoms with Gasteiger partial charge in [0.15, 0.2) is 4.77 Å². The van der Waals surface area contributed by atoms with Crippen molar-refractivity contribution in [3.05, 3.63) is 50.1 Å². The molecule has 0 bridgehead atoms. The van der Waals surface area contributed by atoms with E-state index >= 15 is 0 Å². The predicted molar refractivity (Wildman–Crippen MR) is 76.6 cm³/mol. The maximum Gasteiger partial charge on any atom is 0.262 e. The lowest BCUT2D eigenvalue weighted by molar-refractivity contribution is 0.885. The molecule has 0 atom stereocenters. The summed E-state index contributed by atoms with van der Waals surface area (Å²) < 4.78 is 1.89. The SMILES string of the molecule is Cc1ccc(Cl)cc1-n1ncc2c(=O)[nH]c(=S)[nH]c21. The van der Waals surface area contributed by atoms with E-state index in [0.29, 0.717) is 16.1 Å². The number of halogens is 1. The molecule has 0 saturated carbocycles. The molecule has 19 heavy (non-hydrogen) atoms. The Labute approximate surface area is 117 Å². The molecule has 0 saturated heterocycles. The van der Waals surface area contributed by atoms with Crippen molar-refractivity contribution in [2.24, 2.45) is 0 Å². The van der Waals surface area contributed by atoms with Crippen LogP contribution in [0.25, 0.3) is 16.7 Å². The highest BCUT2D eigenvalue weighted by atomic mass is 35.5. The van der Waals surface area contributed by atoms with E-state index < -0.39 is 0 Å². The first-order valence-electron chi connectivity index (χ1n) is 5.53. The van der Waals surface area contributed by atoms with Crippen LogP contribution in [-0.2, 0) is 0 Å². The van der Waals surface area contributed by atoms with Crippen LogP contribution >= 0.6 is 23.8 Å². The lowest BCUT2D eigenvalue weighted by atomic mass is 10.2. The summed E-state index contributed by atoms with van der Waals surface area (Å²) in [6.07, 6.45) is 1.50. The fourth-order valence-corrected chi connectivity index (χ4v) is 2.29. The molecule has 7 heteroatoms. The van der Waals surface area contributed by atoms with Gasteiger partial charge in [0.1, 0.15) is 11.0 Å². The molecule has 5 nitrogen and oxygen atoms in total. The van der Waals surface area contributed by atoms with Gasteiger partial charge in [0.2, 0.25) is 0 Å². The Morgan fingerprint density at radius 3 is 2.95 bits per heavy atom. The zero-order valence-electron chi connectivity index (χ0n) is 9.90. The maximum absolute atomic E-state index is 11.8. The van der Waals surface area contributed by atoms with Crippen molar-refractivity contribution in [2.45, 2.75) is 6.92 Å². The largest absolute Gasteiger partial charge is 0.316 e. The summed E-state index contributed by atoms with van der Waals surface area (Å²) in [6.45, 7) is 1.95. The molecule has 2 heterocycles. The number of benzene rings is 1. The van der Waals surface area contributed by atoms with Crippen molar-refractivity contribution in [1.82, 2.24) is 19.7 Å². The van der Waals surface area contributed by atoms with Gasteiger partial charge in [-0.3, -0.25) is 9.78 Å². The normalized spacial score (nSPS) is 11.1. The third-order valence-electron chi connectivity index (χ3n) is 2.87. The third kappa shape index (κ3) is 1.98. The highest BCUT2D eigenvalue weighted by Crippen LogP contribution is 2.21. The topological polar surface area (TPSA) is 66.5 Å². The summed E-state index contributed by atoms with van der Waals surface area (Å²) in [5, 5.41) is 5.29. The number of aromatic nitrogens is 4. The van der Waals surface area contributed by atoms with E-state index in [1.165, 1.54) is 6.20 Å². The number of hydrogen-bond donors (Lipinski definition) is 2. The number of nitrogens with zero attached hydrogens (tertiary/aromatic N) is 2. The molecule has 96 valence electrons. The number of rotatable bonds is 1. The Morgan fingerprint density at radius 2 is 2.16 bits per heavy atom. The molecule has 0 radical (unpaired) electrons. The Hall–Kier alpha value is -1.92. The van der Waals surface area contributed by atoms with E-state index in [1.807, 2.05) is 13.0 Å². The van der Waals surface area contributed by atoms with Crippen LogP contribution in [0.5, 0.6) is 0 Å². The first-order valence-corrected chi connectivity index (χ1v) is 6.32. The van der Waals surface area contributed by atoms with Crippen LogP contribution in [0.15, 0.2) is 29.2 Å². The summed E-state index contributed by atoms with van der Waals surface area (Å²) in [4.78, 5) is 17.2. The van der Waals surface area contributed by atoms with Gasteiger partial charge in [-0.15, -0.1) is 0 Å². The summed E-state index contributed by atoms with van der Waals surface area (Å²) in [5.74, 6) is 0.